The van der Waals surface area contributed by atoms with Crippen molar-refractivity contribution < 1.29 is 14.3 Å². The predicted octanol–water partition coefficient (Wildman–Crippen LogP) is 5.12. The Morgan fingerprint density at radius 2 is 1.81 bits per heavy atom. The van der Waals surface area contributed by atoms with Crippen molar-refractivity contribution in [3.63, 3.8) is 0 Å². The summed E-state index contributed by atoms with van der Waals surface area (Å²) in [5, 5.41) is 4.86. The smallest absolute Gasteiger partial charge is 0.264 e. The first-order chi connectivity index (χ1) is 15.5. The van der Waals surface area contributed by atoms with Gasteiger partial charge in [0.25, 0.3) is 11.8 Å². The van der Waals surface area contributed by atoms with Gasteiger partial charge in [0, 0.05) is 43.1 Å². The molecule has 2 aromatic carbocycles. The average Bonchev–Trinajstić information content (AvgIpc) is 3.36. The van der Waals surface area contributed by atoms with Crippen molar-refractivity contribution in [3.8, 4) is 5.75 Å². The molecule has 3 aromatic rings. The lowest BCUT2D eigenvalue weighted by Crippen LogP contribution is -2.48. The SMILES string of the molecule is CCOc1ccc(C(=O)Nc2ccc(N3CCN(C(=O)c4cccs4)CC3)cc2)cc1Br. The zero-order valence-corrected chi connectivity index (χ0v) is 20.1. The molecule has 8 heteroatoms. The lowest BCUT2D eigenvalue weighted by Gasteiger charge is -2.36. The maximum atomic E-state index is 12.6. The van der Waals surface area contributed by atoms with E-state index in [1.807, 2.05) is 53.6 Å². The molecule has 1 aliphatic rings. The number of benzene rings is 2. The number of rotatable bonds is 6. The lowest BCUT2D eigenvalue weighted by atomic mass is 10.2. The number of thiophene rings is 1. The molecule has 1 fully saturated rings. The molecular formula is C24H24BrN3O3S. The van der Waals surface area contributed by atoms with Crippen LogP contribution in [0.5, 0.6) is 5.75 Å². The lowest BCUT2D eigenvalue weighted by molar-refractivity contribution is 0.0751. The van der Waals surface area contributed by atoms with Gasteiger partial charge in [-0.3, -0.25) is 9.59 Å². The second-order valence-electron chi connectivity index (χ2n) is 7.34. The van der Waals surface area contributed by atoms with Crippen LogP contribution in [0.4, 0.5) is 11.4 Å². The Bertz CT molecular complexity index is 1080. The molecule has 166 valence electrons. The first kappa shape index (κ1) is 22.4. The Morgan fingerprint density at radius 1 is 1.06 bits per heavy atom. The van der Waals surface area contributed by atoms with Crippen molar-refractivity contribution in [1.29, 1.82) is 0 Å². The summed E-state index contributed by atoms with van der Waals surface area (Å²) < 4.78 is 6.24. The standard InChI is InChI=1S/C24H24BrN3O3S/c1-2-31-21-10-5-17(16-20(21)25)23(29)26-18-6-8-19(9-7-18)27-11-13-28(14-12-27)24(30)22-4-3-15-32-22/h3-10,15-16H,2,11-14H2,1H3,(H,26,29). The number of piperazine rings is 1. The molecule has 0 radical (unpaired) electrons. The molecule has 1 aliphatic heterocycles. The number of hydrogen-bond donors (Lipinski definition) is 1. The number of halogens is 1. The van der Waals surface area contributed by atoms with Crippen molar-refractivity contribution >= 4 is 50.5 Å². The zero-order valence-electron chi connectivity index (χ0n) is 17.7. The third-order valence-electron chi connectivity index (χ3n) is 5.28. The highest BCUT2D eigenvalue weighted by molar-refractivity contribution is 9.10. The van der Waals surface area contributed by atoms with Gasteiger partial charge in [0.2, 0.25) is 0 Å². The number of ether oxygens (including phenoxy) is 1. The van der Waals surface area contributed by atoms with E-state index in [2.05, 4.69) is 26.1 Å². The summed E-state index contributed by atoms with van der Waals surface area (Å²) >= 11 is 4.93. The predicted molar refractivity (Wildman–Crippen MR) is 132 cm³/mol. The number of carbonyl (C=O) groups excluding carboxylic acids is 2. The Labute approximate surface area is 199 Å². The Morgan fingerprint density at radius 3 is 2.44 bits per heavy atom. The third kappa shape index (κ3) is 5.14. The van der Waals surface area contributed by atoms with Crippen molar-refractivity contribution in [2.45, 2.75) is 6.92 Å². The maximum absolute atomic E-state index is 12.6. The van der Waals surface area contributed by atoms with Gasteiger partial charge in [-0.05, 0) is 76.8 Å². The number of anilines is 2. The second kappa shape index (κ2) is 10.2. The molecule has 2 heterocycles. The summed E-state index contributed by atoms with van der Waals surface area (Å²) in [6.45, 7) is 5.44. The summed E-state index contributed by atoms with van der Waals surface area (Å²) in [5.41, 5.74) is 2.36. The van der Waals surface area contributed by atoms with Crippen LogP contribution >= 0.6 is 27.3 Å². The van der Waals surface area contributed by atoms with Gasteiger partial charge < -0.3 is 19.9 Å². The van der Waals surface area contributed by atoms with E-state index in [0.29, 0.717) is 31.0 Å². The van der Waals surface area contributed by atoms with E-state index in [-0.39, 0.29) is 11.8 Å². The fourth-order valence-electron chi connectivity index (χ4n) is 3.60. The minimum atomic E-state index is -0.179. The van der Waals surface area contributed by atoms with Gasteiger partial charge in [0.05, 0.1) is 16.0 Å². The van der Waals surface area contributed by atoms with Crippen LogP contribution in [0, 0.1) is 0 Å². The fourth-order valence-corrected chi connectivity index (χ4v) is 4.78. The quantitative estimate of drug-likeness (QED) is 0.496. The minimum Gasteiger partial charge on any atom is -0.493 e. The number of nitrogens with zero attached hydrogens (tertiary/aromatic N) is 2. The molecule has 0 spiro atoms. The number of amides is 2. The number of nitrogens with one attached hydrogen (secondary N) is 1. The highest BCUT2D eigenvalue weighted by Gasteiger charge is 2.22. The zero-order chi connectivity index (χ0) is 22.5. The van der Waals surface area contributed by atoms with Crippen LogP contribution in [0.2, 0.25) is 0 Å². The molecule has 1 N–H and O–H groups in total. The van der Waals surface area contributed by atoms with Gasteiger partial charge in [-0.2, -0.15) is 0 Å². The molecule has 6 nitrogen and oxygen atoms in total. The van der Waals surface area contributed by atoms with Gasteiger partial charge in [0.15, 0.2) is 0 Å². The van der Waals surface area contributed by atoms with Gasteiger partial charge in [-0.25, -0.2) is 0 Å². The topological polar surface area (TPSA) is 61.9 Å². The Kier molecular flexibility index (Phi) is 7.12. The third-order valence-corrected chi connectivity index (χ3v) is 6.76. The van der Waals surface area contributed by atoms with E-state index in [1.165, 1.54) is 11.3 Å². The first-order valence-electron chi connectivity index (χ1n) is 10.5. The molecule has 4 rings (SSSR count). The highest BCUT2D eigenvalue weighted by atomic mass is 79.9. The van der Waals surface area contributed by atoms with E-state index in [4.69, 9.17) is 4.74 Å². The van der Waals surface area contributed by atoms with E-state index in [1.54, 1.807) is 18.2 Å². The maximum Gasteiger partial charge on any atom is 0.264 e. The molecule has 2 amide bonds. The molecule has 1 aromatic heterocycles. The Hall–Kier alpha value is -2.84. The van der Waals surface area contributed by atoms with Crippen molar-refractivity contribution in [3.05, 3.63) is 74.9 Å². The van der Waals surface area contributed by atoms with Crippen molar-refractivity contribution in [2.24, 2.45) is 0 Å². The van der Waals surface area contributed by atoms with Crippen molar-refractivity contribution in [1.82, 2.24) is 4.90 Å². The van der Waals surface area contributed by atoms with Crippen LogP contribution in [0.25, 0.3) is 0 Å². The van der Waals surface area contributed by atoms with Gasteiger partial charge in [0.1, 0.15) is 5.75 Å². The summed E-state index contributed by atoms with van der Waals surface area (Å²) in [6, 6.07) is 16.9. The summed E-state index contributed by atoms with van der Waals surface area (Å²) in [5.74, 6) is 0.645. The minimum absolute atomic E-state index is 0.110. The fraction of sp³-hybridized carbons (Fsp3) is 0.250. The average molecular weight is 514 g/mol. The van der Waals surface area contributed by atoms with Crippen LogP contribution in [0.15, 0.2) is 64.5 Å². The summed E-state index contributed by atoms with van der Waals surface area (Å²) in [4.78, 5) is 30.1. The largest absolute Gasteiger partial charge is 0.493 e. The molecule has 32 heavy (non-hydrogen) atoms. The van der Waals surface area contributed by atoms with E-state index < -0.39 is 0 Å². The van der Waals surface area contributed by atoms with Crippen LogP contribution in [-0.2, 0) is 0 Å². The molecule has 0 aliphatic carbocycles. The van der Waals surface area contributed by atoms with Gasteiger partial charge in [-0.1, -0.05) is 6.07 Å². The molecule has 0 unspecified atom stereocenters. The van der Waals surface area contributed by atoms with Crippen LogP contribution in [0.1, 0.15) is 27.0 Å². The van der Waals surface area contributed by atoms with Crippen LogP contribution in [-0.4, -0.2) is 49.5 Å². The van der Waals surface area contributed by atoms with Gasteiger partial charge >= 0.3 is 0 Å². The van der Waals surface area contributed by atoms with Crippen LogP contribution < -0.4 is 15.0 Å². The molecule has 1 saturated heterocycles. The molecule has 0 bridgehead atoms. The van der Waals surface area contributed by atoms with Crippen molar-refractivity contribution in [2.75, 3.05) is 43.0 Å². The molecule has 0 atom stereocenters. The molecular weight excluding hydrogens is 490 g/mol. The summed E-state index contributed by atoms with van der Waals surface area (Å²) in [6.07, 6.45) is 0. The van der Waals surface area contributed by atoms with Crippen LogP contribution in [0.3, 0.4) is 0 Å². The highest BCUT2D eigenvalue weighted by Crippen LogP contribution is 2.27. The second-order valence-corrected chi connectivity index (χ2v) is 9.14. The van der Waals surface area contributed by atoms with E-state index >= 15 is 0 Å². The van der Waals surface area contributed by atoms with Gasteiger partial charge in [-0.15, -0.1) is 11.3 Å². The first-order valence-corrected chi connectivity index (χ1v) is 12.1. The van der Waals surface area contributed by atoms with E-state index in [0.717, 1.165) is 33.8 Å². The monoisotopic (exact) mass is 513 g/mol. The Balaban J connectivity index is 1.33. The summed E-state index contributed by atoms with van der Waals surface area (Å²) in [7, 11) is 0. The number of carbonyl (C=O) groups is 2. The molecule has 0 saturated carbocycles. The number of hydrogen-bond acceptors (Lipinski definition) is 5. The van der Waals surface area contributed by atoms with E-state index in [9.17, 15) is 9.59 Å². The normalized spacial score (nSPS) is 13.7.